The fourth-order valence-corrected chi connectivity index (χ4v) is 6.13. The average Bonchev–Trinajstić information content (AvgIpc) is 2.85. The van der Waals surface area contributed by atoms with Gasteiger partial charge in [-0.25, -0.2) is 9.59 Å². The number of esters is 1. The van der Waals surface area contributed by atoms with Gasteiger partial charge in [-0.2, -0.15) is 0 Å². The molecule has 0 aliphatic rings. The van der Waals surface area contributed by atoms with Gasteiger partial charge in [-0.1, -0.05) is 78.9 Å². The Hall–Kier alpha value is -4.01. The summed E-state index contributed by atoms with van der Waals surface area (Å²) >= 11 is 0. The van der Waals surface area contributed by atoms with E-state index >= 15 is 0 Å². The van der Waals surface area contributed by atoms with E-state index in [1.165, 1.54) is 6.07 Å². The predicted octanol–water partition coefficient (Wildman–Crippen LogP) is 4.77. The molecule has 0 aliphatic heterocycles. The normalized spacial score (nSPS) is 10.9. The summed E-state index contributed by atoms with van der Waals surface area (Å²) in [6, 6.07) is 36.0. The zero-order chi connectivity index (χ0) is 22.6. The van der Waals surface area contributed by atoms with Gasteiger partial charge in [0.1, 0.15) is 11.3 Å². The lowest BCUT2D eigenvalue weighted by Crippen LogP contribution is -2.26. The summed E-state index contributed by atoms with van der Waals surface area (Å²) in [5.74, 6) is -0.136. The minimum Gasteiger partial charge on any atom is -0.423 e. The van der Waals surface area contributed by atoms with Crippen molar-refractivity contribution in [2.45, 2.75) is 0 Å². The number of carbonyl (C=O) groups excluding carboxylic acids is 1. The van der Waals surface area contributed by atoms with E-state index in [4.69, 9.17) is 9.15 Å². The van der Waals surface area contributed by atoms with Crippen molar-refractivity contribution in [1.29, 1.82) is 0 Å². The minimum atomic E-state index is -0.967. The maximum Gasteiger partial charge on any atom is 0.344 e. The fourth-order valence-electron chi connectivity index (χ4n) is 3.69. The molecule has 1 aromatic heterocycles. The molecule has 0 bridgehead atoms. The molecule has 0 unspecified atom stereocenters. The lowest BCUT2D eigenvalue weighted by molar-refractivity contribution is 0.0736. The Morgan fingerprint density at radius 1 is 0.697 bits per heavy atom. The standard InChI is InChI=1S/C28H19O4P/c29-27-18-16-20-15-17-21(19-25(20)32-27)31-28(30)24-13-7-8-14-26(24)33(22-9-3-1-4-10-22)23-11-5-2-6-12-23/h1-19H. The lowest BCUT2D eigenvalue weighted by atomic mass is 10.2. The summed E-state index contributed by atoms with van der Waals surface area (Å²) in [4.78, 5) is 24.9. The first-order chi connectivity index (χ1) is 16.2. The Morgan fingerprint density at radius 2 is 1.30 bits per heavy atom. The first kappa shape index (κ1) is 20.9. The van der Waals surface area contributed by atoms with Crippen LogP contribution in [0, 0.1) is 0 Å². The van der Waals surface area contributed by atoms with E-state index in [1.54, 1.807) is 30.3 Å². The van der Waals surface area contributed by atoms with Crippen LogP contribution in [0.25, 0.3) is 11.0 Å². The van der Waals surface area contributed by atoms with Crippen LogP contribution in [-0.2, 0) is 0 Å². The van der Waals surface area contributed by atoms with Gasteiger partial charge >= 0.3 is 11.6 Å². The second-order valence-electron chi connectivity index (χ2n) is 7.37. The molecule has 0 radical (unpaired) electrons. The van der Waals surface area contributed by atoms with Gasteiger partial charge in [0.05, 0.1) is 5.56 Å². The Labute approximate surface area is 191 Å². The number of rotatable bonds is 5. The van der Waals surface area contributed by atoms with E-state index in [1.807, 2.05) is 54.6 Å². The fraction of sp³-hybridized carbons (Fsp3) is 0. The highest BCUT2D eigenvalue weighted by molar-refractivity contribution is 7.80. The molecule has 0 fully saturated rings. The average molecular weight is 450 g/mol. The molecule has 5 heteroatoms. The molecule has 0 amide bonds. The van der Waals surface area contributed by atoms with E-state index in [-0.39, 0.29) is 0 Å². The Bertz CT molecular complexity index is 1440. The molecule has 4 nitrogen and oxygen atoms in total. The largest absolute Gasteiger partial charge is 0.423 e. The van der Waals surface area contributed by atoms with Crippen LogP contribution >= 0.6 is 7.92 Å². The minimum absolute atomic E-state index is 0.320. The van der Waals surface area contributed by atoms with Crippen LogP contribution in [0.15, 0.2) is 124 Å². The summed E-state index contributed by atoms with van der Waals surface area (Å²) in [5.41, 5.74) is 0.426. The van der Waals surface area contributed by atoms with E-state index in [9.17, 15) is 9.59 Å². The topological polar surface area (TPSA) is 56.5 Å². The van der Waals surface area contributed by atoms with Gasteiger partial charge in [-0.15, -0.1) is 0 Å². The molecule has 4 aromatic carbocycles. The molecular weight excluding hydrogens is 431 g/mol. The molecule has 0 saturated heterocycles. The highest BCUT2D eigenvalue weighted by Gasteiger charge is 2.23. The van der Waals surface area contributed by atoms with Gasteiger partial charge in [0.15, 0.2) is 0 Å². The maximum atomic E-state index is 13.3. The second kappa shape index (κ2) is 9.23. The highest BCUT2D eigenvalue weighted by Crippen LogP contribution is 2.34. The molecule has 0 N–H and O–H groups in total. The molecule has 0 saturated carbocycles. The van der Waals surface area contributed by atoms with Gasteiger partial charge in [0, 0.05) is 17.5 Å². The molecular formula is C28H19O4P. The zero-order valence-corrected chi connectivity index (χ0v) is 18.4. The van der Waals surface area contributed by atoms with Gasteiger partial charge < -0.3 is 9.15 Å². The number of fused-ring (bicyclic) bond motifs is 1. The first-order valence-electron chi connectivity index (χ1n) is 10.4. The summed E-state index contributed by atoms with van der Waals surface area (Å²) in [6.07, 6.45) is 0. The summed E-state index contributed by atoms with van der Waals surface area (Å²) < 4.78 is 10.9. The molecule has 5 rings (SSSR count). The third-order valence-electron chi connectivity index (χ3n) is 5.20. The molecule has 0 atom stereocenters. The molecule has 5 aromatic rings. The van der Waals surface area contributed by atoms with Crippen molar-refractivity contribution in [3.63, 3.8) is 0 Å². The zero-order valence-electron chi connectivity index (χ0n) is 17.5. The number of carbonyl (C=O) groups is 1. The Morgan fingerprint density at radius 3 is 2.00 bits per heavy atom. The Balaban J connectivity index is 1.55. The van der Waals surface area contributed by atoms with Crippen molar-refractivity contribution in [2.75, 3.05) is 0 Å². The summed E-state index contributed by atoms with van der Waals surface area (Å²) in [5, 5.41) is 3.96. The van der Waals surface area contributed by atoms with Crippen LogP contribution in [0.3, 0.4) is 0 Å². The molecule has 0 aliphatic carbocycles. The van der Waals surface area contributed by atoms with Crippen LogP contribution in [0.5, 0.6) is 5.75 Å². The SMILES string of the molecule is O=C(Oc1ccc2ccc(=O)oc2c1)c1ccccc1P(c1ccccc1)c1ccccc1. The number of hydrogen-bond donors (Lipinski definition) is 0. The van der Waals surface area contributed by atoms with Gasteiger partial charge in [0.25, 0.3) is 0 Å². The van der Waals surface area contributed by atoms with Gasteiger partial charge in [-0.3, -0.25) is 0 Å². The van der Waals surface area contributed by atoms with Crippen LogP contribution in [0.2, 0.25) is 0 Å². The van der Waals surface area contributed by atoms with Gasteiger partial charge in [-0.05, 0) is 48.1 Å². The quantitative estimate of drug-likeness (QED) is 0.168. The van der Waals surface area contributed by atoms with Crippen LogP contribution in [-0.4, -0.2) is 5.97 Å². The van der Waals surface area contributed by atoms with Crippen molar-refractivity contribution >= 4 is 40.8 Å². The van der Waals surface area contributed by atoms with Crippen LogP contribution in [0.4, 0.5) is 0 Å². The molecule has 1 heterocycles. The summed E-state index contributed by atoms with van der Waals surface area (Å²) in [6.45, 7) is 0. The Kier molecular flexibility index (Phi) is 5.84. The van der Waals surface area contributed by atoms with E-state index in [2.05, 4.69) is 24.3 Å². The first-order valence-corrected chi connectivity index (χ1v) is 11.8. The van der Waals surface area contributed by atoms with Crippen molar-refractivity contribution in [3.05, 3.63) is 131 Å². The van der Waals surface area contributed by atoms with E-state index in [0.29, 0.717) is 16.9 Å². The third-order valence-corrected chi connectivity index (χ3v) is 7.70. The molecule has 0 spiro atoms. The van der Waals surface area contributed by atoms with Crippen molar-refractivity contribution in [2.24, 2.45) is 0 Å². The van der Waals surface area contributed by atoms with Crippen molar-refractivity contribution in [1.82, 2.24) is 0 Å². The van der Waals surface area contributed by atoms with Crippen molar-refractivity contribution in [3.8, 4) is 5.75 Å². The van der Waals surface area contributed by atoms with E-state index < -0.39 is 19.5 Å². The van der Waals surface area contributed by atoms with Crippen LogP contribution in [0.1, 0.15) is 10.4 Å². The third kappa shape index (κ3) is 4.48. The predicted molar refractivity (Wildman–Crippen MR) is 133 cm³/mol. The lowest BCUT2D eigenvalue weighted by Gasteiger charge is -2.21. The number of hydrogen-bond acceptors (Lipinski definition) is 4. The number of ether oxygens (including phenoxy) is 1. The van der Waals surface area contributed by atoms with Crippen molar-refractivity contribution < 1.29 is 13.9 Å². The van der Waals surface area contributed by atoms with E-state index in [0.717, 1.165) is 21.3 Å². The molecule has 160 valence electrons. The maximum absolute atomic E-state index is 13.3. The smallest absolute Gasteiger partial charge is 0.344 e. The van der Waals surface area contributed by atoms with Gasteiger partial charge in [0.2, 0.25) is 0 Å². The highest BCUT2D eigenvalue weighted by atomic mass is 31.1. The van der Waals surface area contributed by atoms with Crippen LogP contribution < -0.4 is 26.3 Å². The second-order valence-corrected chi connectivity index (χ2v) is 9.55. The number of benzene rings is 4. The molecule has 33 heavy (non-hydrogen) atoms. The monoisotopic (exact) mass is 450 g/mol. The summed E-state index contributed by atoms with van der Waals surface area (Å²) in [7, 11) is -0.967.